The van der Waals surface area contributed by atoms with Gasteiger partial charge in [-0.2, -0.15) is 0 Å². The van der Waals surface area contributed by atoms with Gasteiger partial charge in [-0.05, 0) is 25.2 Å². The van der Waals surface area contributed by atoms with Gasteiger partial charge in [0, 0.05) is 6.61 Å². The van der Waals surface area contributed by atoms with E-state index >= 15 is 0 Å². The highest BCUT2D eigenvalue weighted by Gasteiger charge is 2.12. The van der Waals surface area contributed by atoms with Gasteiger partial charge in [0.15, 0.2) is 6.29 Å². The van der Waals surface area contributed by atoms with Crippen LogP contribution in [-0.4, -0.2) is 19.5 Å². The van der Waals surface area contributed by atoms with Gasteiger partial charge < -0.3 is 9.47 Å². The van der Waals surface area contributed by atoms with Crippen LogP contribution in [0.5, 0.6) is 0 Å². The van der Waals surface area contributed by atoms with E-state index in [0.29, 0.717) is 12.5 Å². The first-order chi connectivity index (χ1) is 6.29. The van der Waals surface area contributed by atoms with Crippen LogP contribution in [0, 0.1) is 5.92 Å². The summed E-state index contributed by atoms with van der Waals surface area (Å²) in [5, 5.41) is 0. The Hall–Kier alpha value is -0.340. The van der Waals surface area contributed by atoms with Crippen LogP contribution in [-0.2, 0) is 9.47 Å². The topological polar surface area (TPSA) is 18.5 Å². The highest BCUT2D eigenvalue weighted by atomic mass is 16.7. The molecule has 0 radical (unpaired) electrons. The monoisotopic (exact) mass is 184 g/mol. The molecule has 1 heterocycles. The van der Waals surface area contributed by atoms with Crippen molar-refractivity contribution in [1.82, 2.24) is 0 Å². The summed E-state index contributed by atoms with van der Waals surface area (Å²) >= 11 is 0. The van der Waals surface area contributed by atoms with E-state index in [4.69, 9.17) is 9.47 Å². The molecule has 0 aromatic rings. The smallest absolute Gasteiger partial charge is 0.157 e. The molecule has 76 valence electrons. The molecule has 1 atom stereocenters. The maximum atomic E-state index is 5.52. The van der Waals surface area contributed by atoms with Crippen molar-refractivity contribution in [2.45, 2.75) is 39.4 Å². The van der Waals surface area contributed by atoms with E-state index in [2.05, 4.69) is 26.0 Å². The number of rotatable bonds is 4. The molecule has 1 unspecified atom stereocenters. The summed E-state index contributed by atoms with van der Waals surface area (Å²) in [5.41, 5.74) is 0. The molecule has 1 saturated heterocycles. The van der Waals surface area contributed by atoms with Gasteiger partial charge in [0.1, 0.15) is 0 Å². The first-order valence-electron chi connectivity index (χ1n) is 5.19. The molecule has 0 spiro atoms. The quantitative estimate of drug-likeness (QED) is 0.625. The van der Waals surface area contributed by atoms with E-state index in [9.17, 15) is 0 Å². The Kier molecular flexibility index (Phi) is 5.09. The minimum atomic E-state index is 0.0468. The van der Waals surface area contributed by atoms with Crippen molar-refractivity contribution in [2.24, 2.45) is 5.92 Å². The van der Waals surface area contributed by atoms with Gasteiger partial charge in [-0.1, -0.05) is 26.0 Å². The molecule has 0 aromatic heterocycles. The van der Waals surface area contributed by atoms with Crippen LogP contribution in [0.4, 0.5) is 0 Å². The normalized spacial score (nSPS) is 24.4. The lowest BCUT2D eigenvalue weighted by Crippen LogP contribution is -2.22. The first kappa shape index (κ1) is 10.7. The van der Waals surface area contributed by atoms with Crippen LogP contribution in [0.1, 0.15) is 33.1 Å². The summed E-state index contributed by atoms with van der Waals surface area (Å²) in [4.78, 5) is 0. The summed E-state index contributed by atoms with van der Waals surface area (Å²) < 4.78 is 11.0. The Labute approximate surface area is 80.9 Å². The zero-order valence-electron chi connectivity index (χ0n) is 8.66. The van der Waals surface area contributed by atoms with E-state index in [0.717, 1.165) is 13.0 Å². The van der Waals surface area contributed by atoms with Crippen molar-refractivity contribution in [3.63, 3.8) is 0 Å². The molecule has 2 heteroatoms. The summed E-state index contributed by atoms with van der Waals surface area (Å²) in [6, 6.07) is 0. The molecular weight excluding hydrogens is 164 g/mol. The van der Waals surface area contributed by atoms with Crippen LogP contribution in [0.2, 0.25) is 0 Å². The van der Waals surface area contributed by atoms with Crippen molar-refractivity contribution in [1.29, 1.82) is 0 Å². The Bertz CT molecular complexity index is 146. The molecule has 1 aliphatic rings. The Balaban J connectivity index is 2.04. The van der Waals surface area contributed by atoms with Gasteiger partial charge in [0.2, 0.25) is 0 Å². The second-order valence-corrected chi connectivity index (χ2v) is 3.80. The molecule has 0 saturated carbocycles. The van der Waals surface area contributed by atoms with Gasteiger partial charge in [-0.3, -0.25) is 0 Å². The minimum Gasteiger partial charge on any atom is -0.353 e. The Morgan fingerprint density at radius 3 is 2.92 bits per heavy atom. The van der Waals surface area contributed by atoms with Gasteiger partial charge in [0.25, 0.3) is 0 Å². The summed E-state index contributed by atoms with van der Waals surface area (Å²) in [6.45, 7) is 5.86. The zero-order chi connectivity index (χ0) is 9.52. The molecule has 1 fully saturated rings. The van der Waals surface area contributed by atoms with Crippen molar-refractivity contribution >= 4 is 0 Å². The lowest BCUT2D eigenvalue weighted by Gasteiger charge is -2.21. The molecule has 0 aromatic carbocycles. The third kappa shape index (κ3) is 5.06. The van der Waals surface area contributed by atoms with Crippen LogP contribution in [0.3, 0.4) is 0 Å². The largest absolute Gasteiger partial charge is 0.353 e. The molecule has 13 heavy (non-hydrogen) atoms. The van der Waals surface area contributed by atoms with Crippen molar-refractivity contribution in [2.75, 3.05) is 13.2 Å². The van der Waals surface area contributed by atoms with Gasteiger partial charge >= 0.3 is 0 Å². The van der Waals surface area contributed by atoms with Gasteiger partial charge in [0.05, 0.1) is 6.61 Å². The fraction of sp³-hybridized carbons (Fsp3) is 0.818. The standard InChI is InChI=1S/C11H20O2/c1-10(2)6-5-9-13-11-7-3-4-8-12-11/h5-6,10-11H,3-4,7-9H2,1-2H3/b6-5-. The average Bonchev–Trinajstić information content (AvgIpc) is 2.14. The van der Waals surface area contributed by atoms with E-state index in [-0.39, 0.29) is 6.29 Å². The maximum Gasteiger partial charge on any atom is 0.157 e. The minimum absolute atomic E-state index is 0.0468. The average molecular weight is 184 g/mol. The van der Waals surface area contributed by atoms with Crippen molar-refractivity contribution in [3.8, 4) is 0 Å². The van der Waals surface area contributed by atoms with Gasteiger partial charge in [-0.25, -0.2) is 0 Å². The highest BCUT2D eigenvalue weighted by molar-refractivity contribution is 4.84. The van der Waals surface area contributed by atoms with Crippen molar-refractivity contribution in [3.05, 3.63) is 12.2 Å². The van der Waals surface area contributed by atoms with E-state index in [1.165, 1.54) is 12.8 Å². The second kappa shape index (κ2) is 6.17. The van der Waals surface area contributed by atoms with Crippen LogP contribution in [0.25, 0.3) is 0 Å². The van der Waals surface area contributed by atoms with Crippen LogP contribution in [0.15, 0.2) is 12.2 Å². The second-order valence-electron chi connectivity index (χ2n) is 3.80. The summed E-state index contributed by atoms with van der Waals surface area (Å²) in [7, 11) is 0. The number of hydrogen-bond donors (Lipinski definition) is 0. The third-order valence-corrected chi connectivity index (χ3v) is 2.04. The molecule has 2 nitrogen and oxygen atoms in total. The SMILES string of the molecule is CC(C)/C=C\COC1CCCCO1. The molecule has 0 bridgehead atoms. The van der Waals surface area contributed by atoms with E-state index < -0.39 is 0 Å². The summed E-state index contributed by atoms with van der Waals surface area (Å²) in [6.07, 6.45) is 7.74. The molecule has 0 aliphatic carbocycles. The summed E-state index contributed by atoms with van der Waals surface area (Å²) in [5.74, 6) is 0.607. The lowest BCUT2D eigenvalue weighted by atomic mass is 10.2. The number of allylic oxidation sites excluding steroid dienone is 1. The Morgan fingerprint density at radius 1 is 1.46 bits per heavy atom. The van der Waals surface area contributed by atoms with Gasteiger partial charge in [-0.15, -0.1) is 0 Å². The van der Waals surface area contributed by atoms with E-state index in [1.54, 1.807) is 0 Å². The molecule has 1 aliphatic heterocycles. The Morgan fingerprint density at radius 2 is 2.31 bits per heavy atom. The highest BCUT2D eigenvalue weighted by Crippen LogP contribution is 2.13. The predicted octanol–water partition coefficient (Wildman–Crippen LogP) is 2.74. The maximum absolute atomic E-state index is 5.52. The predicted molar refractivity (Wildman–Crippen MR) is 53.5 cm³/mol. The molecular formula is C11H20O2. The third-order valence-electron chi connectivity index (χ3n) is 2.04. The first-order valence-corrected chi connectivity index (χ1v) is 5.19. The zero-order valence-corrected chi connectivity index (χ0v) is 8.66. The number of ether oxygens (including phenoxy) is 2. The fourth-order valence-corrected chi connectivity index (χ4v) is 1.33. The number of hydrogen-bond acceptors (Lipinski definition) is 2. The fourth-order valence-electron chi connectivity index (χ4n) is 1.33. The van der Waals surface area contributed by atoms with E-state index in [1.807, 2.05) is 0 Å². The molecule has 0 N–H and O–H groups in total. The van der Waals surface area contributed by atoms with Crippen molar-refractivity contribution < 1.29 is 9.47 Å². The molecule has 1 rings (SSSR count). The van der Waals surface area contributed by atoms with Crippen LogP contribution < -0.4 is 0 Å². The lowest BCUT2D eigenvalue weighted by molar-refractivity contribution is -0.155. The molecule has 0 amide bonds. The van der Waals surface area contributed by atoms with Crippen LogP contribution >= 0.6 is 0 Å².